The second-order valence-electron chi connectivity index (χ2n) is 3.31. The second-order valence-corrected chi connectivity index (χ2v) is 3.31. The van der Waals surface area contributed by atoms with E-state index in [0.717, 1.165) is 36.6 Å². The van der Waals surface area contributed by atoms with Crippen LogP contribution in [0.3, 0.4) is 0 Å². The van der Waals surface area contributed by atoms with Gasteiger partial charge in [-0.3, -0.25) is 10.4 Å². The molecule has 13 heavy (non-hydrogen) atoms. The first-order valence-electron chi connectivity index (χ1n) is 4.55. The minimum atomic E-state index is 0.719. The van der Waals surface area contributed by atoms with Gasteiger partial charge in [0.1, 0.15) is 5.84 Å². The van der Waals surface area contributed by atoms with Crippen LogP contribution in [0, 0.1) is 12.3 Å². The largest absolute Gasteiger partial charge is 0.329 e. The van der Waals surface area contributed by atoms with Crippen molar-refractivity contribution in [2.45, 2.75) is 19.8 Å². The van der Waals surface area contributed by atoms with Crippen LogP contribution >= 0.6 is 0 Å². The zero-order chi connectivity index (χ0) is 9.26. The molecule has 0 atom stereocenters. The van der Waals surface area contributed by atoms with Crippen LogP contribution in [0.5, 0.6) is 0 Å². The summed E-state index contributed by atoms with van der Waals surface area (Å²) in [7, 11) is 0. The zero-order valence-corrected chi connectivity index (χ0v) is 7.75. The van der Waals surface area contributed by atoms with Gasteiger partial charge in [-0.15, -0.1) is 0 Å². The Balaban J connectivity index is 2.34. The predicted molar refractivity (Wildman–Crippen MR) is 53.3 cm³/mol. The molecule has 0 radical (unpaired) electrons. The summed E-state index contributed by atoms with van der Waals surface area (Å²) in [5.41, 5.74) is 2.10. The fourth-order valence-corrected chi connectivity index (χ4v) is 1.70. The monoisotopic (exact) mass is 175 g/mol. The summed E-state index contributed by atoms with van der Waals surface area (Å²) < 4.78 is 0. The maximum absolute atomic E-state index is 7.74. The lowest BCUT2D eigenvalue weighted by atomic mass is 10.3. The van der Waals surface area contributed by atoms with Crippen molar-refractivity contribution in [1.82, 2.24) is 4.98 Å². The molecule has 3 nitrogen and oxygen atoms in total. The van der Waals surface area contributed by atoms with E-state index >= 15 is 0 Å². The van der Waals surface area contributed by atoms with Gasteiger partial charge in [-0.1, -0.05) is 0 Å². The lowest BCUT2D eigenvalue weighted by molar-refractivity contribution is 0.949. The molecule has 2 rings (SSSR count). The lowest BCUT2D eigenvalue weighted by Gasteiger charge is -2.18. The first-order valence-corrected chi connectivity index (χ1v) is 4.55. The second kappa shape index (κ2) is 3.17. The van der Waals surface area contributed by atoms with Crippen molar-refractivity contribution in [1.29, 1.82) is 5.41 Å². The predicted octanol–water partition coefficient (Wildman–Crippen LogP) is 1.97. The summed E-state index contributed by atoms with van der Waals surface area (Å²) in [4.78, 5) is 6.26. The minimum absolute atomic E-state index is 0.719. The molecule has 0 bridgehead atoms. The van der Waals surface area contributed by atoms with Crippen molar-refractivity contribution < 1.29 is 0 Å². The number of amidine groups is 1. The first-order chi connectivity index (χ1) is 6.29. The Morgan fingerprint density at radius 3 is 3.00 bits per heavy atom. The average Bonchev–Trinajstić information content (AvgIpc) is 2.52. The normalized spacial score (nSPS) is 16.7. The third kappa shape index (κ3) is 1.41. The van der Waals surface area contributed by atoms with Crippen LogP contribution in [-0.4, -0.2) is 17.4 Å². The molecule has 2 heterocycles. The molecule has 0 amide bonds. The highest BCUT2D eigenvalue weighted by Gasteiger charge is 2.19. The summed E-state index contributed by atoms with van der Waals surface area (Å²) in [6, 6.07) is 3.95. The number of pyridine rings is 1. The van der Waals surface area contributed by atoms with Crippen molar-refractivity contribution >= 4 is 11.5 Å². The van der Waals surface area contributed by atoms with E-state index in [1.54, 1.807) is 6.20 Å². The highest BCUT2D eigenvalue weighted by molar-refractivity contribution is 5.97. The molecule has 3 heteroatoms. The number of nitrogens with one attached hydrogen (secondary N) is 1. The van der Waals surface area contributed by atoms with Gasteiger partial charge in [0.15, 0.2) is 0 Å². The molecule has 0 unspecified atom stereocenters. The van der Waals surface area contributed by atoms with Crippen molar-refractivity contribution in [2.24, 2.45) is 0 Å². The molecule has 1 aromatic heterocycles. The summed E-state index contributed by atoms with van der Waals surface area (Å²) >= 11 is 0. The van der Waals surface area contributed by atoms with Crippen LogP contribution < -0.4 is 4.90 Å². The molecule has 1 aliphatic heterocycles. The highest BCUT2D eigenvalue weighted by atomic mass is 15.2. The van der Waals surface area contributed by atoms with E-state index in [9.17, 15) is 0 Å². The smallest absolute Gasteiger partial charge is 0.100 e. The van der Waals surface area contributed by atoms with Crippen molar-refractivity contribution in [3.05, 3.63) is 24.0 Å². The third-order valence-electron chi connectivity index (χ3n) is 2.39. The third-order valence-corrected chi connectivity index (χ3v) is 2.39. The Morgan fingerprint density at radius 2 is 2.38 bits per heavy atom. The van der Waals surface area contributed by atoms with Crippen LogP contribution in [0.15, 0.2) is 18.3 Å². The van der Waals surface area contributed by atoms with Crippen LogP contribution in [-0.2, 0) is 0 Å². The number of aromatic nitrogens is 1. The van der Waals surface area contributed by atoms with Crippen LogP contribution in [0.4, 0.5) is 5.69 Å². The van der Waals surface area contributed by atoms with Crippen LogP contribution in [0.25, 0.3) is 0 Å². The fourth-order valence-electron chi connectivity index (χ4n) is 1.70. The van der Waals surface area contributed by atoms with Gasteiger partial charge < -0.3 is 4.90 Å². The van der Waals surface area contributed by atoms with E-state index in [0.29, 0.717) is 0 Å². The Morgan fingerprint density at radius 1 is 1.54 bits per heavy atom. The van der Waals surface area contributed by atoms with Gasteiger partial charge in [0.25, 0.3) is 0 Å². The van der Waals surface area contributed by atoms with Gasteiger partial charge in [0.2, 0.25) is 0 Å². The highest BCUT2D eigenvalue weighted by Crippen LogP contribution is 2.22. The molecule has 0 aliphatic carbocycles. The van der Waals surface area contributed by atoms with Crippen LogP contribution in [0.2, 0.25) is 0 Å². The molecule has 1 aliphatic rings. The Labute approximate surface area is 77.9 Å². The van der Waals surface area contributed by atoms with Gasteiger partial charge in [-0.2, -0.15) is 0 Å². The molecule has 68 valence electrons. The first kappa shape index (κ1) is 8.23. The molecule has 0 saturated carbocycles. The number of nitrogens with zero attached hydrogens (tertiary/aromatic N) is 2. The molecule has 1 saturated heterocycles. The Bertz CT molecular complexity index is 333. The van der Waals surface area contributed by atoms with Gasteiger partial charge in [-0.05, 0) is 25.5 Å². The lowest BCUT2D eigenvalue weighted by Crippen LogP contribution is -2.24. The number of aryl methyl sites for hydroxylation is 1. The average molecular weight is 175 g/mol. The number of anilines is 1. The molecule has 1 fully saturated rings. The van der Waals surface area contributed by atoms with E-state index in [2.05, 4.69) is 4.98 Å². The number of hydrogen-bond acceptors (Lipinski definition) is 2. The van der Waals surface area contributed by atoms with E-state index < -0.39 is 0 Å². The zero-order valence-electron chi connectivity index (χ0n) is 7.75. The summed E-state index contributed by atoms with van der Waals surface area (Å²) in [6.07, 6.45) is 3.78. The molecule has 0 aromatic carbocycles. The van der Waals surface area contributed by atoms with E-state index in [4.69, 9.17) is 5.41 Å². The Kier molecular flexibility index (Phi) is 2.00. The number of hydrogen-bond donors (Lipinski definition) is 1. The quantitative estimate of drug-likeness (QED) is 0.708. The maximum atomic E-state index is 7.74. The van der Waals surface area contributed by atoms with E-state index in [1.165, 1.54) is 0 Å². The maximum Gasteiger partial charge on any atom is 0.100 e. The van der Waals surface area contributed by atoms with Gasteiger partial charge in [0.05, 0.1) is 11.4 Å². The summed E-state index contributed by atoms with van der Waals surface area (Å²) in [5, 5.41) is 7.74. The minimum Gasteiger partial charge on any atom is -0.329 e. The molecule has 1 aromatic rings. The SMILES string of the molecule is Cc1ncccc1N1CCCC1=N. The van der Waals surface area contributed by atoms with Gasteiger partial charge in [-0.25, -0.2) is 0 Å². The molecular formula is C10H13N3. The topological polar surface area (TPSA) is 40.0 Å². The van der Waals surface area contributed by atoms with Crippen molar-refractivity contribution in [3.8, 4) is 0 Å². The summed E-state index contributed by atoms with van der Waals surface area (Å²) in [6.45, 7) is 2.95. The van der Waals surface area contributed by atoms with Gasteiger partial charge >= 0.3 is 0 Å². The molecule has 1 N–H and O–H groups in total. The van der Waals surface area contributed by atoms with Crippen molar-refractivity contribution in [3.63, 3.8) is 0 Å². The van der Waals surface area contributed by atoms with Crippen LogP contribution in [0.1, 0.15) is 18.5 Å². The fraction of sp³-hybridized carbons (Fsp3) is 0.400. The number of rotatable bonds is 1. The molecule has 0 spiro atoms. The van der Waals surface area contributed by atoms with E-state index in [-0.39, 0.29) is 0 Å². The Hall–Kier alpha value is -1.38. The molecular weight excluding hydrogens is 162 g/mol. The standard InChI is InChI=1S/C10H13N3/c1-8-9(4-2-6-12-8)13-7-3-5-10(13)11/h2,4,6,11H,3,5,7H2,1H3. The van der Waals surface area contributed by atoms with E-state index in [1.807, 2.05) is 24.0 Å². The summed E-state index contributed by atoms with van der Waals surface area (Å²) in [5.74, 6) is 0.719. The van der Waals surface area contributed by atoms with Gasteiger partial charge in [0, 0.05) is 19.2 Å². The van der Waals surface area contributed by atoms with Crippen molar-refractivity contribution in [2.75, 3.05) is 11.4 Å².